The Kier molecular flexibility index (Phi) is 4.96. The maximum Gasteiger partial charge on any atom is 0.0980 e. The van der Waals surface area contributed by atoms with Crippen molar-refractivity contribution < 1.29 is 0 Å². The van der Waals surface area contributed by atoms with E-state index >= 15 is 0 Å². The van der Waals surface area contributed by atoms with Crippen LogP contribution in [0, 0.1) is 0 Å². The van der Waals surface area contributed by atoms with E-state index < -0.39 is 0 Å². The largest absolute Gasteiger partial charge is 0.254 e. The predicted octanol–water partition coefficient (Wildman–Crippen LogP) is 8.94. The summed E-state index contributed by atoms with van der Waals surface area (Å²) in [6, 6.07) is 39.4. The van der Waals surface area contributed by atoms with Crippen molar-refractivity contribution in [2.75, 3.05) is 0 Å². The molecule has 4 nitrogen and oxygen atoms in total. The van der Waals surface area contributed by atoms with Crippen LogP contribution in [0.5, 0.6) is 0 Å². The number of hydrogen-bond acceptors (Lipinski definition) is 5. The molecule has 4 aromatic heterocycles. The standard InChI is InChI=1S/C34H20N4S/c1-2-9-21(10-3-1)30-31(37-26-13-6-5-12-25(26)36-30)22-16-18-23(19-17-22)32-34-29(24-11-4-7-15-28(24)39-34)33-27(38-32)14-8-20-35-33/h1-20H. The van der Waals surface area contributed by atoms with Gasteiger partial charge in [-0.25, -0.2) is 15.0 Å². The molecule has 0 aliphatic heterocycles. The summed E-state index contributed by atoms with van der Waals surface area (Å²) in [5.74, 6) is 0. The Hall–Kier alpha value is -5.00. The van der Waals surface area contributed by atoms with E-state index in [-0.39, 0.29) is 0 Å². The summed E-state index contributed by atoms with van der Waals surface area (Å²) in [5.41, 5.74) is 9.48. The van der Waals surface area contributed by atoms with Gasteiger partial charge in [-0.2, -0.15) is 0 Å². The maximum atomic E-state index is 5.10. The molecule has 4 aromatic carbocycles. The van der Waals surface area contributed by atoms with Gasteiger partial charge in [0, 0.05) is 38.4 Å². The minimum absolute atomic E-state index is 0.870. The number of aromatic nitrogens is 4. The summed E-state index contributed by atoms with van der Waals surface area (Å²) in [6.07, 6.45) is 1.85. The van der Waals surface area contributed by atoms with Gasteiger partial charge in [-0.15, -0.1) is 11.3 Å². The van der Waals surface area contributed by atoms with E-state index in [1.807, 2.05) is 60.8 Å². The van der Waals surface area contributed by atoms with Crippen molar-refractivity contribution in [1.82, 2.24) is 19.9 Å². The number of fused-ring (bicyclic) bond motifs is 6. The minimum atomic E-state index is 0.870. The third-order valence-electron chi connectivity index (χ3n) is 7.12. The number of thiophene rings is 1. The second-order valence-electron chi connectivity index (χ2n) is 9.49. The molecule has 8 aromatic rings. The van der Waals surface area contributed by atoms with Gasteiger partial charge >= 0.3 is 0 Å². The number of hydrogen-bond donors (Lipinski definition) is 0. The summed E-state index contributed by atoms with van der Waals surface area (Å²) in [5, 5.41) is 2.40. The molecule has 4 heterocycles. The Morgan fingerprint density at radius 3 is 1.77 bits per heavy atom. The van der Waals surface area contributed by atoms with Crippen molar-refractivity contribution >= 4 is 53.6 Å². The lowest BCUT2D eigenvalue weighted by Crippen LogP contribution is -1.95. The molecule has 0 aliphatic rings. The van der Waals surface area contributed by atoms with E-state index in [0.717, 1.165) is 60.5 Å². The smallest absolute Gasteiger partial charge is 0.0980 e. The molecule has 0 bridgehead atoms. The summed E-state index contributed by atoms with van der Waals surface area (Å²) < 4.78 is 2.40. The molecule has 182 valence electrons. The first-order valence-corrected chi connectivity index (χ1v) is 13.6. The Morgan fingerprint density at radius 2 is 1.03 bits per heavy atom. The molecule has 0 radical (unpaired) electrons. The molecule has 39 heavy (non-hydrogen) atoms. The van der Waals surface area contributed by atoms with Gasteiger partial charge in [0.05, 0.1) is 43.8 Å². The first-order valence-electron chi connectivity index (χ1n) is 12.8. The number of para-hydroxylation sites is 2. The van der Waals surface area contributed by atoms with Gasteiger partial charge in [-0.3, -0.25) is 4.98 Å². The lowest BCUT2D eigenvalue weighted by Gasteiger charge is -2.12. The molecule has 0 fully saturated rings. The Morgan fingerprint density at radius 1 is 0.462 bits per heavy atom. The van der Waals surface area contributed by atoms with Crippen LogP contribution in [0.3, 0.4) is 0 Å². The van der Waals surface area contributed by atoms with Gasteiger partial charge in [0.15, 0.2) is 0 Å². The van der Waals surface area contributed by atoms with Crippen molar-refractivity contribution in [3.63, 3.8) is 0 Å². The molecular weight excluding hydrogens is 496 g/mol. The van der Waals surface area contributed by atoms with Crippen molar-refractivity contribution in [3.05, 3.63) is 121 Å². The Balaban J connectivity index is 1.33. The van der Waals surface area contributed by atoms with Crippen molar-refractivity contribution in [1.29, 1.82) is 0 Å². The molecule has 0 atom stereocenters. The Bertz CT molecular complexity index is 2170. The van der Waals surface area contributed by atoms with Crippen LogP contribution in [0.15, 0.2) is 121 Å². The van der Waals surface area contributed by atoms with Crippen molar-refractivity contribution in [2.24, 2.45) is 0 Å². The normalized spacial score (nSPS) is 11.6. The van der Waals surface area contributed by atoms with Crippen molar-refractivity contribution in [2.45, 2.75) is 0 Å². The molecule has 0 aliphatic carbocycles. The van der Waals surface area contributed by atoms with Gasteiger partial charge in [-0.1, -0.05) is 84.9 Å². The van der Waals surface area contributed by atoms with E-state index in [2.05, 4.69) is 60.7 Å². The molecule has 5 heteroatoms. The average Bonchev–Trinajstić information content (AvgIpc) is 3.41. The molecule has 0 amide bonds. The van der Waals surface area contributed by atoms with E-state index in [0.29, 0.717) is 0 Å². The lowest BCUT2D eigenvalue weighted by atomic mass is 10.0. The van der Waals surface area contributed by atoms with Gasteiger partial charge in [-0.05, 0) is 30.3 Å². The number of benzene rings is 4. The fourth-order valence-electron chi connectivity index (χ4n) is 5.28. The highest BCUT2D eigenvalue weighted by molar-refractivity contribution is 7.26. The fraction of sp³-hybridized carbons (Fsp3) is 0. The molecule has 0 spiro atoms. The quantitative estimate of drug-likeness (QED) is 0.235. The van der Waals surface area contributed by atoms with Gasteiger partial charge < -0.3 is 0 Å². The SMILES string of the molecule is c1ccc(-c2nc3ccccc3nc2-c2ccc(-c3nc4cccnc4c4c3sc3ccccc34)cc2)cc1. The van der Waals surface area contributed by atoms with Crippen LogP contribution in [0.4, 0.5) is 0 Å². The van der Waals surface area contributed by atoms with Crippen LogP contribution in [0.1, 0.15) is 0 Å². The van der Waals surface area contributed by atoms with Crippen LogP contribution in [-0.4, -0.2) is 19.9 Å². The highest BCUT2D eigenvalue weighted by atomic mass is 32.1. The van der Waals surface area contributed by atoms with E-state index in [1.54, 1.807) is 11.3 Å². The van der Waals surface area contributed by atoms with Gasteiger partial charge in [0.1, 0.15) is 0 Å². The molecule has 8 rings (SSSR count). The molecule has 0 N–H and O–H groups in total. The fourth-order valence-corrected chi connectivity index (χ4v) is 6.49. The number of pyridine rings is 2. The molecule has 0 unspecified atom stereocenters. The first-order chi connectivity index (χ1) is 19.3. The lowest BCUT2D eigenvalue weighted by molar-refractivity contribution is 1.29. The van der Waals surface area contributed by atoms with Crippen LogP contribution >= 0.6 is 11.3 Å². The average molecular weight is 517 g/mol. The molecule has 0 saturated carbocycles. The minimum Gasteiger partial charge on any atom is -0.254 e. The van der Waals surface area contributed by atoms with E-state index in [9.17, 15) is 0 Å². The van der Waals surface area contributed by atoms with Crippen LogP contribution in [-0.2, 0) is 0 Å². The zero-order chi connectivity index (χ0) is 25.8. The highest BCUT2D eigenvalue weighted by Crippen LogP contribution is 2.42. The first kappa shape index (κ1) is 22.0. The third-order valence-corrected chi connectivity index (χ3v) is 8.29. The summed E-state index contributed by atoms with van der Waals surface area (Å²) >= 11 is 1.77. The monoisotopic (exact) mass is 516 g/mol. The van der Waals surface area contributed by atoms with E-state index in [4.69, 9.17) is 19.9 Å². The molecular formula is C34H20N4S. The Labute approximate surface area is 228 Å². The van der Waals surface area contributed by atoms with Crippen molar-refractivity contribution in [3.8, 4) is 33.8 Å². The topological polar surface area (TPSA) is 51.6 Å². The van der Waals surface area contributed by atoms with Crippen LogP contribution in [0.2, 0.25) is 0 Å². The second-order valence-corrected chi connectivity index (χ2v) is 10.5. The maximum absolute atomic E-state index is 5.10. The second kappa shape index (κ2) is 8.79. The highest BCUT2D eigenvalue weighted by Gasteiger charge is 2.18. The van der Waals surface area contributed by atoms with Gasteiger partial charge in [0.25, 0.3) is 0 Å². The summed E-state index contributed by atoms with van der Waals surface area (Å²) in [4.78, 5) is 19.9. The summed E-state index contributed by atoms with van der Waals surface area (Å²) in [7, 11) is 0. The predicted molar refractivity (Wildman–Crippen MR) is 162 cm³/mol. The summed E-state index contributed by atoms with van der Waals surface area (Å²) in [6.45, 7) is 0. The van der Waals surface area contributed by atoms with Crippen LogP contribution < -0.4 is 0 Å². The number of rotatable bonds is 3. The van der Waals surface area contributed by atoms with Crippen LogP contribution in [0.25, 0.3) is 76.0 Å². The third kappa shape index (κ3) is 3.59. The van der Waals surface area contributed by atoms with E-state index in [1.165, 1.54) is 15.5 Å². The zero-order valence-electron chi connectivity index (χ0n) is 20.7. The van der Waals surface area contributed by atoms with Gasteiger partial charge in [0.2, 0.25) is 0 Å². The number of nitrogens with zero attached hydrogens (tertiary/aromatic N) is 4. The zero-order valence-corrected chi connectivity index (χ0v) is 21.6. The molecule has 0 saturated heterocycles.